The molecule has 2 aromatic rings. The zero-order valence-corrected chi connectivity index (χ0v) is 19.3. The molecule has 14 heteroatoms. The number of thiazole rings is 1. The SMILES string of the molecule is CS(=O)(=O)N1CCC(Nc2ncc(F)c(-c3sc([C@H]4CC[C@H](O)C4)nc3C(F)(F)F)n2)CC1. The highest BCUT2D eigenvalue weighted by molar-refractivity contribution is 7.88. The van der Waals surface area contributed by atoms with Gasteiger partial charge in [0.1, 0.15) is 5.69 Å². The van der Waals surface area contributed by atoms with Crippen molar-refractivity contribution in [2.45, 2.75) is 56.3 Å². The molecule has 0 aromatic carbocycles. The van der Waals surface area contributed by atoms with Crippen LogP contribution in [-0.4, -0.2) is 64.3 Å². The van der Waals surface area contributed by atoms with E-state index in [4.69, 9.17) is 0 Å². The topological polar surface area (TPSA) is 108 Å². The van der Waals surface area contributed by atoms with Crippen LogP contribution in [0.3, 0.4) is 0 Å². The highest BCUT2D eigenvalue weighted by Gasteiger charge is 2.41. The molecule has 2 fully saturated rings. The largest absolute Gasteiger partial charge is 0.434 e. The Morgan fingerprint density at radius 2 is 1.88 bits per heavy atom. The molecular formula is C19H23F4N5O3S2. The summed E-state index contributed by atoms with van der Waals surface area (Å²) in [7, 11) is -3.30. The number of aliphatic hydroxyl groups is 1. The highest BCUT2D eigenvalue weighted by atomic mass is 32.2. The maximum Gasteiger partial charge on any atom is 0.434 e. The van der Waals surface area contributed by atoms with Crippen molar-refractivity contribution in [3.05, 3.63) is 22.7 Å². The predicted molar refractivity (Wildman–Crippen MR) is 114 cm³/mol. The Morgan fingerprint density at radius 1 is 1.18 bits per heavy atom. The van der Waals surface area contributed by atoms with E-state index in [-0.39, 0.29) is 36.0 Å². The van der Waals surface area contributed by atoms with Gasteiger partial charge in [0.2, 0.25) is 16.0 Å². The number of aromatic nitrogens is 3. The second-order valence-electron chi connectivity index (χ2n) is 8.36. The zero-order chi connectivity index (χ0) is 24.0. The van der Waals surface area contributed by atoms with E-state index in [9.17, 15) is 31.1 Å². The summed E-state index contributed by atoms with van der Waals surface area (Å²) in [5.41, 5.74) is -1.69. The number of piperidine rings is 1. The number of nitrogens with one attached hydrogen (secondary N) is 1. The molecule has 1 saturated heterocycles. The highest BCUT2D eigenvalue weighted by Crippen LogP contribution is 2.45. The molecular weight excluding hydrogens is 486 g/mol. The van der Waals surface area contributed by atoms with E-state index in [1.54, 1.807) is 0 Å². The average molecular weight is 510 g/mol. The first-order valence-electron chi connectivity index (χ1n) is 10.4. The summed E-state index contributed by atoms with van der Waals surface area (Å²) in [5.74, 6) is -1.36. The zero-order valence-electron chi connectivity index (χ0n) is 17.6. The van der Waals surface area contributed by atoms with Gasteiger partial charge in [-0.2, -0.15) is 13.2 Å². The first kappa shape index (κ1) is 24.2. The van der Waals surface area contributed by atoms with Crippen LogP contribution in [0.2, 0.25) is 0 Å². The van der Waals surface area contributed by atoms with Crippen LogP contribution in [0.1, 0.15) is 48.7 Å². The fraction of sp³-hybridized carbons (Fsp3) is 0.632. The third kappa shape index (κ3) is 5.44. The smallest absolute Gasteiger partial charge is 0.393 e. The summed E-state index contributed by atoms with van der Waals surface area (Å²) >= 11 is 0.737. The third-order valence-electron chi connectivity index (χ3n) is 5.88. The minimum atomic E-state index is -4.80. The summed E-state index contributed by atoms with van der Waals surface area (Å²) < 4.78 is 80.3. The van der Waals surface area contributed by atoms with Crippen molar-refractivity contribution < 1.29 is 31.1 Å². The van der Waals surface area contributed by atoms with Gasteiger partial charge in [0, 0.05) is 25.0 Å². The summed E-state index contributed by atoms with van der Waals surface area (Å²) in [4.78, 5) is 11.2. The van der Waals surface area contributed by atoms with Gasteiger partial charge in [-0.15, -0.1) is 11.3 Å². The lowest BCUT2D eigenvalue weighted by molar-refractivity contribution is -0.140. The number of hydrogen-bond acceptors (Lipinski definition) is 8. The van der Waals surface area contributed by atoms with Crippen LogP contribution in [0.25, 0.3) is 10.6 Å². The molecule has 0 bridgehead atoms. The predicted octanol–water partition coefficient (Wildman–Crippen LogP) is 3.22. The van der Waals surface area contributed by atoms with E-state index in [2.05, 4.69) is 20.3 Å². The summed E-state index contributed by atoms with van der Waals surface area (Å²) in [5, 5.41) is 12.9. The van der Waals surface area contributed by atoms with Crippen LogP contribution in [0.5, 0.6) is 0 Å². The first-order chi connectivity index (χ1) is 15.4. The van der Waals surface area contributed by atoms with Gasteiger partial charge in [-0.05, 0) is 32.1 Å². The number of sulfonamides is 1. The van der Waals surface area contributed by atoms with E-state index in [0.717, 1.165) is 23.8 Å². The number of halogens is 4. The van der Waals surface area contributed by atoms with Crippen molar-refractivity contribution in [3.63, 3.8) is 0 Å². The Balaban J connectivity index is 1.59. The Bertz CT molecular complexity index is 1120. The molecule has 1 saturated carbocycles. The number of anilines is 1. The maximum atomic E-state index is 14.6. The monoisotopic (exact) mass is 509 g/mol. The van der Waals surface area contributed by atoms with Gasteiger partial charge < -0.3 is 10.4 Å². The Hall–Kier alpha value is -1.90. The first-order valence-corrected chi connectivity index (χ1v) is 13.1. The van der Waals surface area contributed by atoms with Crippen molar-refractivity contribution in [1.29, 1.82) is 0 Å². The molecule has 4 rings (SSSR count). The van der Waals surface area contributed by atoms with Crippen LogP contribution in [0.15, 0.2) is 6.20 Å². The molecule has 2 aromatic heterocycles. The third-order valence-corrected chi connectivity index (χ3v) is 8.41. The van der Waals surface area contributed by atoms with Gasteiger partial charge in [-0.3, -0.25) is 0 Å². The standard InChI is InChI=1S/C19H23F4N5O3S2/c1-33(30,31)28-6-4-11(5-7-28)25-18-24-9-13(20)14(26-18)15-16(19(21,22)23)27-17(32-15)10-2-3-12(29)8-10/h9-12,29H,2-8H2,1H3,(H,24,25,26)/t10-,12-/m0/s1. The second-order valence-corrected chi connectivity index (χ2v) is 11.4. The molecule has 8 nitrogen and oxygen atoms in total. The average Bonchev–Trinajstić information content (AvgIpc) is 3.35. The number of hydrogen-bond donors (Lipinski definition) is 2. The second kappa shape index (κ2) is 9.04. The van der Waals surface area contributed by atoms with Crippen molar-refractivity contribution >= 4 is 27.3 Å². The molecule has 3 heterocycles. The van der Waals surface area contributed by atoms with Crippen LogP contribution >= 0.6 is 11.3 Å². The number of rotatable bonds is 5. The summed E-state index contributed by atoms with van der Waals surface area (Å²) in [6.45, 7) is 0.572. The molecule has 182 valence electrons. The van der Waals surface area contributed by atoms with Gasteiger partial charge in [0.05, 0.1) is 28.4 Å². The van der Waals surface area contributed by atoms with Gasteiger partial charge in [0.15, 0.2) is 11.5 Å². The van der Waals surface area contributed by atoms with Gasteiger partial charge in [0.25, 0.3) is 0 Å². The van der Waals surface area contributed by atoms with Gasteiger partial charge in [-0.1, -0.05) is 0 Å². The lowest BCUT2D eigenvalue weighted by Crippen LogP contribution is -2.42. The Morgan fingerprint density at radius 3 is 2.45 bits per heavy atom. The van der Waals surface area contributed by atoms with Gasteiger partial charge in [-0.25, -0.2) is 32.1 Å². The molecule has 2 N–H and O–H groups in total. The number of alkyl halides is 3. The summed E-state index contributed by atoms with van der Waals surface area (Å²) in [6, 6.07) is -0.208. The molecule has 2 aliphatic rings. The van der Waals surface area contributed by atoms with Crippen molar-refractivity contribution in [3.8, 4) is 10.6 Å². The Kier molecular flexibility index (Phi) is 6.64. The van der Waals surface area contributed by atoms with Crippen LogP contribution < -0.4 is 5.32 Å². The van der Waals surface area contributed by atoms with Crippen LogP contribution in [0.4, 0.5) is 23.5 Å². The molecule has 0 amide bonds. The lowest BCUT2D eigenvalue weighted by atomic mass is 10.1. The minimum Gasteiger partial charge on any atom is -0.393 e. The normalized spacial score (nSPS) is 23.2. The summed E-state index contributed by atoms with van der Waals surface area (Å²) in [6.07, 6.45) is -1.24. The molecule has 0 radical (unpaired) electrons. The molecule has 1 aliphatic carbocycles. The minimum absolute atomic E-state index is 0.0384. The number of nitrogens with zero attached hydrogens (tertiary/aromatic N) is 4. The van der Waals surface area contributed by atoms with E-state index in [1.165, 1.54) is 4.31 Å². The van der Waals surface area contributed by atoms with Crippen LogP contribution in [0, 0.1) is 5.82 Å². The fourth-order valence-corrected chi connectivity index (χ4v) is 6.25. The fourth-order valence-electron chi connectivity index (χ4n) is 4.16. The van der Waals surface area contributed by atoms with Crippen LogP contribution in [-0.2, 0) is 16.2 Å². The van der Waals surface area contributed by atoms with E-state index >= 15 is 0 Å². The van der Waals surface area contributed by atoms with E-state index in [1.807, 2.05) is 0 Å². The number of aliphatic hydroxyl groups excluding tert-OH is 1. The molecule has 0 unspecified atom stereocenters. The molecule has 0 spiro atoms. The van der Waals surface area contributed by atoms with E-state index in [0.29, 0.717) is 32.1 Å². The quantitative estimate of drug-likeness (QED) is 0.596. The van der Waals surface area contributed by atoms with E-state index < -0.39 is 44.4 Å². The van der Waals surface area contributed by atoms with Crippen molar-refractivity contribution in [1.82, 2.24) is 19.3 Å². The molecule has 2 atom stereocenters. The van der Waals surface area contributed by atoms with Crippen molar-refractivity contribution in [2.24, 2.45) is 0 Å². The Labute approximate surface area is 192 Å². The maximum absolute atomic E-state index is 14.6. The van der Waals surface area contributed by atoms with Gasteiger partial charge >= 0.3 is 6.18 Å². The molecule has 1 aliphatic heterocycles. The lowest BCUT2D eigenvalue weighted by Gasteiger charge is -2.30. The van der Waals surface area contributed by atoms with Crippen molar-refractivity contribution in [2.75, 3.05) is 24.7 Å². The molecule has 33 heavy (non-hydrogen) atoms.